The van der Waals surface area contributed by atoms with E-state index in [0.717, 1.165) is 44.2 Å². The minimum Gasteiger partial charge on any atom is -0.478 e. The quantitative estimate of drug-likeness (QED) is 0.280. The molecule has 4 nitrogen and oxygen atoms in total. The highest BCUT2D eigenvalue weighted by atomic mass is 35.5. The van der Waals surface area contributed by atoms with Crippen LogP contribution in [-0.4, -0.2) is 17.4 Å². The molecule has 0 unspecified atom stereocenters. The zero-order chi connectivity index (χ0) is 24.6. The predicted octanol–water partition coefficient (Wildman–Crippen LogP) is 7.28. The van der Waals surface area contributed by atoms with Gasteiger partial charge in [-0.3, -0.25) is 9.69 Å². The van der Waals surface area contributed by atoms with Gasteiger partial charge in [-0.05, 0) is 52.9 Å². The predicted molar refractivity (Wildman–Crippen MR) is 142 cm³/mol. The monoisotopic (exact) mass is 493 g/mol. The summed E-state index contributed by atoms with van der Waals surface area (Å²) in [7, 11) is 0. The summed E-state index contributed by atoms with van der Waals surface area (Å²) in [5, 5.41) is 0.729. The van der Waals surface area contributed by atoms with Gasteiger partial charge in [-0.15, -0.1) is 0 Å². The number of benzene rings is 4. The molecule has 5 heteroatoms. The molecule has 2 aliphatic rings. The van der Waals surface area contributed by atoms with E-state index in [4.69, 9.17) is 21.1 Å². The summed E-state index contributed by atoms with van der Waals surface area (Å²) in [6.45, 7) is 3.62. The van der Waals surface area contributed by atoms with Crippen molar-refractivity contribution in [1.29, 1.82) is 0 Å². The van der Waals surface area contributed by atoms with Gasteiger partial charge in [0.15, 0.2) is 5.76 Å². The molecule has 0 spiro atoms. The summed E-state index contributed by atoms with van der Waals surface area (Å²) in [5.41, 5.74) is 6.59. The van der Waals surface area contributed by atoms with Gasteiger partial charge in [0, 0.05) is 18.1 Å². The second kappa shape index (κ2) is 9.30. The molecule has 6 rings (SSSR count). The fourth-order valence-electron chi connectivity index (χ4n) is 4.80. The lowest BCUT2D eigenvalue weighted by molar-refractivity contribution is 0.0872. The van der Waals surface area contributed by atoms with Crippen molar-refractivity contribution in [3.8, 4) is 22.6 Å². The van der Waals surface area contributed by atoms with Crippen molar-refractivity contribution in [3.05, 3.63) is 124 Å². The SMILES string of the molecule is Cc1cc2c(c3c1C(=O)/C(=C/c1ccc(-c4ccccc4)cc1)O3)CN(Cc1ccccc1Cl)CO2. The number of ether oxygens (including phenoxy) is 2. The van der Waals surface area contributed by atoms with Crippen LogP contribution in [-0.2, 0) is 13.1 Å². The Labute approximate surface area is 215 Å². The van der Waals surface area contributed by atoms with Crippen LogP contribution >= 0.6 is 11.6 Å². The van der Waals surface area contributed by atoms with Gasteiger partial charge >= 0.3 is 0 Å². The van der Waals surface area contributed by atoms with E-state index in [9.17, 15) is 4.79 Å². The van der Waals surface area contributed by atoms with E-state index >= 15 is 0 Å². The van der Waals surface area contributed by atoms with Crippen molar-refractivity contribution < 1.29 is 14.3 Å². The van der Waals surface area contributed by atoms with E-state index < -0.39 is 0 Å². The molecule has 178 valence electrons. The summed E-state index contributed by atoms with van der Waals surface area (Å²) >= 11 is 6.37. The number of hydrogen-bond donors (Lipinski definition) is 0. The van der Waals surface area contributed by atoms with Crippen LogP contribution in [0.3, 0.4) is 0 Å². The molecule has 0 aromatic heterocycles. The number of halogens is 1. The molecule has 0 saturated heterocycles. The molecule has 0 radical (unpaired) electrons. The minimum atomic E-state index is -0.0966. The first-order valence-electron chi connectivity index (χ1n) is 11.9. The van der Waals surface area contributed by atoms with Gasteiger partial charge in [0.1, 0.15) is 18.2 Å². The minimum absolute atomic E-state index is 0.0966. The topological polar surface area (TPSA) is 38.8 Å². The standard InChI is InChI=1S/C31H24ClNO3/c1-20-15-27-25(18-33(19-35-27)17-24-9-5-6-10-26(24)32)31-29(20)30(34)28(36-31)16-21-11-13-23(14-12-21)22-7-3-2-4-8-22/h2-16H,17-19H2,1H3/b28-16-. The van der Waals surface area contributed by atoms with Gasteiger partial charge in [-0.1, -0.05) is 84.4 Å². The largest absolute Gasteiger partial charge is 0.478 e. The molecule has 2 aliphatic heterocycles. The summed E-state index contributed by atoms with van der Waals surface area (Å²) in [6, 6.07) is 28.1. The van der Waals surface area contributed by atoms with Crippen LogP contribution in [0.15, 0.2) is 90.7 Å². The first-order valence-corrected chi connectivity index (χ1v) is 12.3. The van der Waals surface area contributed by atoms with E-state index in [2.05, 4.69) is 29.2 Å². The second-order valence-corrected chi connectivity index (χ2v) is 9.56. The van der Waals surface area contributed by atoms with E-state index in [1.807, 2.05) is 73.7 Å². The highest BCUT2D eigenvalue weighted by molar-refractivity contribution is 6.31. The number of allylic oxidation sites excluding steroid dienone is 1. The number of nitrogens with zero attached hydrogens (tertiary/aromatic N) is 1. The Kier molecular flexibility index (Phi) is 5.84. The lowest BCUT2D eigenvalue weighted by Crippen LogP contribution is -2.32. The Bertz CT molecular complexity index is 1490. The van der Waals surface area contributed by atoms with Crippen LogP contribution in [0.1, 0.15) is 32.6 Å². The summed E-state index contributed by atoms with van der Waals surface area (Å²) in [4.78, 5) is 15.5. The van der Waals surface area contributed by atoms with Crippen LogP contribution in [0.2, 0.25) is 5.02 Å². The second-order valence-electron chi connectivity index (χ2n) is 9.15. The maximum absolute atomic E-state index is 13.3. The Morgan fingerprint density at radius 3 is 2.44 bits per heavy atom. The Balaban J connectivity index is 1.28. The van der Waals surface area contributed by atoms with Crippen LogP contribution in [0.25, 0.3) is 17.2 Å². The van der Waals surface area contributed by atoms with E-state index in [1.165, 1.54) is 0 Å². The smallest absolute Gasteiger partial charge is 0.232 e. The lowest BCUT2D eigenvalue weighted by Gasteiger charge is -2.30. The van der Waals surface area contributed by atoms with Gasteiger partial charge in [-0.2, -0.15) is 0 Å². The summed E-state index contributed by atoms with van der Waals surface area (Å²) in [6.07, 6.45) is 1.81. The third kappa shape index (κ3) is 4.19. The van der Waals surface area contributed by atoms with E-state index in [1.54, 1.807) is 0 Å². The van der Waals surface area contributed by atoms with Crippen molar-refractivity contribution in [2.24, 2.45) is 0 Å². The van der Waals surface area contributed by atoms with E-state index in [-0.39, 0.29) is 5.78 Å². The zero-order valence-corrected chi connectivity index (χ0v) is 20.6. The average Bonchev–Trinajstić information content (AvgIpc) is 3.23. The van der Waals surface area contributed by atoms with Crippen molar-refractivity contribution >= 4 is 23.5 Å². The summed E-state index contributed by atoms with van der Waals surface area (Å²) in [5.74, 6) is 1.60. The molecule has 0 atom stereocenters. The van der Waals surface area contributed by atoms with Gasteiger partial charge < -0.3 is 9.47 Å². The molecular weight excluding hydrogens is 470 g/mol. The number of fused-ring (bicyclic) bond motifs is 3. The Hall–Kier alpha value is -3.86. The zero-order valence-electron chi connectivity index (χ0n) is 19.8. The molecule has 0 fully saturated rings. The number of aryl methyl sites for hydroxylation is 1. The average molecular weight is 494 g/mol. The molecule has 4 aromatic carbocycles. The molecule has 4 aromatic rings. The first kappa shape index (κ1) is 22.6. The Morgan fingerprint density at radius 1 is 0.944 bits per heavy atom. The Morgan fingerprint density at radius 2 is 1.67 bits per heavy atom. The molecule has 36 heavy (non-hydrogen) atoms. The van der Waals surface area contributed by atoms with Crippen LogP contribution in [0.5, 0.6) is 11.5 Å². The fourth-order valence-corrected chi connectivity index (χ4v) is 4.99. The molecule has 0 saturated carbocycles. The molecular formula is C31H24ClNO3. The number of ketones is 1. The summed E-state index contributed by atoms with van der Waals surface area (Å²) < 4.78 is 12.3. The third-order valence-electron chi connectivity index (χ3n) is 6.66. The third-order valence-corrected chi connectivity index (χ3v) is 7.02. The highest BCUT2D eigenvalue weighted by Crippen LogP contribution is 2.44. The van der Waals surface area contributed by atoms with Crippen LogP contribution < -0.4 is 9.47 Å². The highest BCUT2D eigenvalue weighted by Gasteiger charge is 2.35. The van der Waals surface area contributed by atoms with Crippen LogP contribution in [0.4, 0.5) is 0 Å². The number of rotatable bonds is 4. The molecule has 0 bridgehead atoms. The fraction of sp³-hybridized carbons (Fsp3) is 0.129. The van der Waals surface area contributed by atoms with Crippen LogP contribution in [0, 0.1) is 6.92 Å². The van der Waals surface area contributed by atoms with Gasteiger partial charge in [0.05, 0.1) is 11.1 Å². The maximum Gasteiger partial charge on any atom is 0.232 e. The van der Waals surface area contributed by atoms with Crippen molar-refractivity contribution in [2.75, 3.05) is 6.73 Å². The van der Waals surface area contributed by atoms with Crippen molar-refractivity contribution in [3.63, 3.8) is 0 Å². The molecule has 0 N–H and O–H groups in total. The number of carbonyl (C=O) groups is 1. The van der Waals surface area contributed by atoms with Gasteiger partial charge in [-0.25, -0.2) is 0 Å². The van der Waals surface area contributed by atoms with Crippen molar-refractivity contribution in [2.45, 2.75) is 20.0 Å². The normalized spacial score (nSPS) is 15.8. The number of Topliss-reactive ketones (excluding diaryl/α,β-unsaturated/α-hetero) is 1. The molecule has 0 amide bonds. The number of carbonyl (C=O) groups excluding carboxylic acids is 1. The molecule has 0 aliphatic carbocycles. The first-order chi connectivity index (χ1) is 17.6. The van der Waals surface area contributed by atoms with E-state index in [0.29, 0.717) is 36.9 Å². The molecule has 2 heterocycles. The maximum atomic E-state index is 13.3. The van der Waals surface area contributed by atoms with Crippen molar-refractivity contribution in [1.82, 2.24) is 4.90 Å². The number of hydrogen-bond acceptors (Lipinski definition) is 4. The van der Waals surface area contributed by atoms with Gasteiger partial charge in [0.25, 0.3) is 0 Å². The lowest BCUT2D eigenvalue weighted by atomic mass is 9.98. The van der Waals surface area contributed by atoms with Gasteiger partial charge in [0.2, 0.25) is 5.78 Å².